The van der Waals surface area contributed by atoms with Crippen molar-refractivity contribution in [3.63, 3.8) is 0 Å². The maximum atomic E-state index is 5.77. The highest BCUT2D eigenvalue weighted by atomic mass is 35.5. The van der Waals surface area contributed by atoms with E-state index in [2.05, 4.69) is 22.2 Å². The van der Waals surface area contributed by atoms with Crippen molar-refractivity contribution >= 4 is 30.8 Å². The predicted molar refractivity (Wildman–Crippen MR) is 72.6 cm³/mol. The number of rotatable bonds is 1. The van der Waals surface area contributed by atoms with E-state index in [0.29, 0.717) is 12.5 Å². The Morgan fingerprint density at radius 3 is 2.88 bits per heavy atom. The summed E-state index contributed by atoms with van der Waals surface area (Å²) in [4.78, 5) is 5.73. The second-order valence-corrected chi connectivity index (χ2v) is 3.39. The average Bonchev–Trinajstić information content (AvgIpc) is 2.35. The number of nitrogens with zero attached hydrogens (tertiary/aromatic N) is 3. The maximum Gasteiger partial charge on any atom is 0.201 e. The maximum absolute atomic E-state index is 5.77. The predicted octanol–water partition coefficient (Wildman–Crippen LogP) is 1.11. The van der Waals surface area contributed by atoms with Crippen LogP contribution in [0, 0.1) is 0 Å². The topological polar surface area (TPSA) is 80.0 Å². The van der Waals surface area contributed by atoms with Gasteiger partial charge in [-0.2, -0.15) is 5.10 Å². The van der Waals surface area contributed by atoms with E-state index in [0.717, 1.165) is 0 Å². The van der Waals surface area contributed by atoms with Crippen LogP contribution in [0.4, 0.5) is 0 Å². The largest absolute Gasteiger partial charge is 0.369 e. The highest BCUT2D eigenvalue weighted by Gasteiger charge is 2.11. The summed E-state index contributed by atoms with van der Waals surface area (Å²) in [6, 6.07) is 8.15. The lowest BCUT2D eigenvalue weighted by molar-refractivity contribution is 0.542. The van der Waals surface area contributed by atoms with Crippen LogP contribution in [0.1, 0.15) is 11.1 Å². The molecule has 1 heterocycles. The molecule has 1 aromatic carbocycles. The Hall–Kier alpha value is -2.01. The van der Waals surface area contributed by atoms with Crippen molar-refractivity contribution in [3.05, 3.63) is 41.6 Å². The third-order valence-electron chi connectivity index (χ3n) is 2.38. The fraction of sp³-hybridized carbons (Fsp3) is 0.0909. The lowest BCUT2D eigenvalue weighted by Crippen LogP contribution is -2.34. The molecule has 1 aliphatic rings. The van der Waals surface area contributed by atoms with E-state index in [4.69, 9.17) is 11.6 Å². The zero-order valence-corrected chi connectivity index (χ0v) is 9.97. The zero-order chi connectivity index (χ0) is 11.4. The zero-order valence-electron chi connectivity index (χ0n) is 9.15. The fourth-order valence-corrected chi connectivity index (χ4v) is 1.57. The van der Waals surface area contributed by atoms with E-state index in [9.17, 15) is 0 Å². The molecule has 6 heteroatoms. The monoisotopic (exact) mass is 251 g/mol. The van der Waals surface area contributed by atoms with Crippen LogP contribution in [-0.4, -0.2) is 17.2 Å². The average molecular weight is 252 g/mol. The molecule has 0 fully saturated rings. The van der Waals surface area contributed by atoms with E-state index >= 15 is 0 Å². The van der Waals surface area contributed by atoms with Crippen molar-refractivity contribution < 1.29 is 0 Å². The van der Waals surface area contributed by atoms with Crippen LogP contribution >= 0.6 is 12.4 Å². The minimum Gasteiger partial charge on any atom is -0.369 e. The number of benzene rings is 1. The van der Waals surface area contributed by atoms with Gasteiger partial charge in [-0.25, -0.2) is 4.99 Å². The van der Waals surface area contributed by atoms with Gasteiger partial charge >= 0.3 is 0 Å². The fourth-order valence-electron chi connectivity index (χ4n) is 1.57. The lowest BCUT2D eigenvalue weighted by atomic mass is 10.0. The molecule has 0 spiro atoms. The second kappa shape index (κ2) is 5.91. The molecule has 1 aromatic rings. The first-order valence-corrected chi connectivity index (χ1v) is 4.89. The normalized spacial score (nSPS) is 14.6. The summed E-state index contributed by atoms with van der Waals surface area (Å²) in [5, 5.41) is 3.27. The quantitative estimate of drug-likeness (QED) is 0.340. The molecular weight excluding hydrogens is 238 g/mol. The number of hydrogen-bond donors (Lipinski definition) is 2. The highest BCUT2D eigenvalue weighted by molar-refractivity contribution is 5.87. The summed E-state index contributed by atoms with van der Waals surface area (Å²) in [6.45, 7) is 0.709. The minimum atomic E-state index is 0. The number of nitrogens with two attached hydrogens (primary N) is 2. The van der Waals surface area contributed by atoms with E-state index in [1.165, 1.54) is 17.5 Å². The van der Waals surface area contributed by atoms with Crippen LogP contribution in [0.25, 0.3) is 6.08 Å². The Morgan fingerprint density at radius 1 is 1.35 bits per heavy atom. The molecule has 0 amide bonds. The van der Waals surface area contributed by atoms with Gasteiger partial charge in [0.05, 0.1) is 6.54 Å². The molecular formula is C11H14ClN5. The van der Waals surface area contributed by atoms with Crippen LogP contribution in [-0.2, 0) is 6.54 Å². The smallest absolute Gasteiger partial charge is 0.201 e. The van der Waals surface area contributed by atoms with E-state index in [1.807, 2.05) is 29.3 Å². The molecule has 0 saturated heterocycles. The molecule has 0 bridgehead atoms. The Bertz CT molecular complexity index is 467. The minimum absolute atomic E-state index is 0. The molecule has 0 aliphatic carbocycles. The van der Waals surface area contributed by atoms with Crippen molar-refractivity contribution in [2.75, 3.05) is 0 Å². The van der Waals surface area contributed by atoms with Crippen molar-refractivity contribution in [1.82, 2.24) is 4.90 Å². The summed E-state index contributed by atoms with van der Waals surface area (Å²) >= 11 is 0. The molecule has 2 rings (SSSR count). The van der Waals surface area contributed by atoms with Gasteiger partial charge in [-0.05, 0) is 17.2 Å². The molecule has 5 nitrogen and oxygen atoms in total. The highest BCUT2D eigenvalue weighted by Crippen LogP contribution is 2.18. The first-order valence-electron chi connectivity index (χ1n) is 4.89. The van der Waals surface area contributed by atoms with Crippen LogP contribution in [0.2, 0.25) is 0 Å². The van der Waals surface area contributed by atoms with Gasteiger partial charge in [-0.1, -0.05) is 24.3 Å². The summed E-state index contributed by atoms with van der Waals surface area (Å²) in [6.07, 6.45) is 5.12. The van der Waals surface area contributed by atoms with Crippen molar-refractivity contribution in [3.8, 4) is 0 Å². The lowest BCUT2D eigenvalue weighted by Gasteiger charge is -2.23. The van der Waals surface area contributed by atoms with E-state index in [-0.39, 0.29) is 12.4 Å². The summed E-state index contributed by atoms with van der Waals surface area (Å²) in [5.74, 6) is 5.33. The molecule has 0 radical (unpaired) electrons. The van der Waals surface area contributed by atoms with Crippen LogP contribution < -0.4 is 11.6 Å². The summed E-state index contributed by atoms with van der Waals surface area (Å²) in [7, 11) is 0. The van der Waals surface area contributed by atoms with E-state index in [1.54, 1.807) is 0 Å². The molecule has 4 N–H and O–H groups in total. The standard InChI is InChI=1S/C11H13N5.ClH/c12-11(14-8-15-13)16-6-5-9-3-1-2-4-10(9)7-16;/h1-6,8H,7,13H2,(H2,12,14,15);1H. The van der Waals surface area contributed by atoms with E-state index < -0.39 is 0 Å². The van der Waals surface area contributed by atoms with Gasteiger partial charge < -0.3 is 16.5 Å². The van der Waals surface area contributed by atoms with Gasteiger partial charge in [0.1, 0.15) is 6.34 Å². The third-order valence-corrected chi connectivity index (χ3v) is 2.38. The van der Waals surface area contributed by atoms with Crippen LogP contribution in [0.3, 0.4) is 0 Å². The molecule has 90 valence electrons. The molecule has 1 aliphatic heterocycles. The van der Waals surface area contributed by atoms with Crippen molar-refractivity contribution in [1.29, 1.82) is 0 Å². The van der Waals surface area contributed by atoms with Crippen LogP contribution in [0.5, 0.6) is 0 Å². The number of hydrazone groups is 1. The second-order valence-electron chi connectivity index (χ2n) is 3.39. The Balaban J connectivity index is 0.00000144. The Labute approximate surface area is 106 Å². The Kier molecular flexibility index (Phi) is 4.54. The number of halogens is 1. The van der Waals surface area contributed by atoms with Gasteiger partial charge in [-0.15, -0.1) is 12.4 Å². The van der Waals surface area contributed by atoms with Crippen molar-refractivity contribution in [2.24, 2.45) is 21.7 Å². The third kappa shape index (κ3) is 2.98. The number of guanidine groups is 1. The molecule has 17 heavy (non-hydrogen) atoms. The van der Waals surface area contributed by atoms with Crippen molar-refractivity contribution in [2.45, 2.75) is 6.54 Å². The number of hydrogen-bond acceptors (Lipinski definition) is 2. The number of fused-ring (bicyclic) bond motifs is 1. The molecule has 0 unspecified atom stereocenters. The Morgan fingerprint density at radius 2 is 2.12 bits per heavy atom. The summed E-state index contributed by atoms with van der Waals surface area (Å²) < 4.78 is 0. The van der Waals surface area contributed by atoms with Gasteiger partial charge in [0.15, 0.2) is 0 Å². The first kappa shape index (κ1) is 13.1. The molecule has 0 atom stereocenters. The first-order chi connectivity index (χ1) is 7.81. The number of aliphatic imine (C=N–C) groups is 1. The molecule has 0 saturated carbocycles. The van der Waals surface area contributed by atoms with Crippen LogP contribution in [0.15, 0.2) is 40.6 Å². The van der Waals surface area contributed by atoms with Gasteiger partial charge in [0.2, 0.25) is 5.96 Å². The van der Waals surface area contributed by atoms with Gasteiger partial charge in [0.25, 0.3) is 0 Å². The summed E-state index contributed by atoms with van der Waals surface area (Å²) in [5.41, 5.74) is 8.19. The molecule has 0 aromatic heterocycles. The van der Waals surface area contributed by atoms with Gasteiger partial charge in [0, 0.05) is 6.20 Å². The SMILES string of the molecule is Cl.N/N=C/N=C(N)N1C=Cc2ccccc2C1. The van der Waals surface area contributed by atoms with Gasteiger partial charge in [-0.3, -0.25) is 0 Å².